The van der Waals surface area contributed by atoms with E-state index >= 15 is 0 Å². The van der Waals surface area contributed by atoms with E-state index in [1.54, 1.807) is 11.5 Å². The van der Waals surface area contributed by atoms with E-state index in [1.165, 1.54) is 25.9 Å². The molecule has 1 aliphatic heterocycles. The van der Waals surface area contributed by atoms with Gasteiger partial charge in [0.15, 0.2) is 0 Å². The first-order valence-electron chi connectivity index (χ1n) is 7.67. The van der Waals surface area contributed by atoms with Crippen molar-refractivity contribution < 1.29 is 19.8 Å². The number of hydrogen-bond donors (Lipinski definition) is 2. The van der Waals surface area contributed by atoms with E-state index in [4.69, 9.17) is 19.8 Å². The SMILES string of the molecule is Cc1ccc2sn(CCN3CCCC3)c(=O)c2c1.O=C(O)C(=O)O. The number of hydrogen-bond acceptors (Lipinski definition) is 5. The van der Waals surface area contributed by atoms with Crippen LogP contribution in [-0.2, 0) is 16.1 Å². The lowest BCUT2D eigenvalue weighted by molar-refractivity contribution is -0.159. The Labute approximate surface area is 142 Å². The van der Waals surface area contributed by atoms with E-state index in [9.17, 15) is 4.79 Å². The number of aromatic nitrogens is 1. The van der Waals surface area contributed by atoms with Gasteiger partial charge in [-0.2, -0.15) is 0 Å². The van der Waals surface area contributed by atoms with Gasteiger partial charge in [-0.15, -0.1) is 0 Å². The standard InChI is InChI=1S/C14H18N2OS.C2H2O4/c1-11-4-5-13-12(10-11)14(17)16(18-13)9-8-15-6-2-3-7-15;3-1(4)2(5)6/h4-5,10H,2-3,6-9H2,1H3;(H,3,4)(H,5,6). The first-order chi connectivity index (χ1) is 11.4. The minimum absolute atomic E-state index is 0.179. The van der Waals surface area contributed by atoms with Crippen molar-refractivity contribution in [2.75, 3.05) is 19.6 Å². The molecule has 0 amide bonds. The Balaban J connectivity index is 0.000000301. The summed E-state index contributed by atoms with van der Waals surface area (Å²) in [5.41, 5.74) is 1.34. The maximum atomic E-state index is 12.2. The molecule has 1 aliphatic rings. The second kappa shape index (κ2) is 8.07. The summed E-state index contributed by atoms with van der Waals surface area (Å²) in [5.74, 6) is -3.65. The zero-order valence-electron chi connectivity index (χ0n) is 13.4. The van der Waals surface area contributed by atoms with Gasteiger partial charge in [0.05, 0.1) is 10.1 Å². The number of carbonyl (C=O) groups is 2. The fourth-order valence-electron chi connectivity index (χ4n) is 2.57. The van der Waals surface area contributed by atoms with Crippen molar-refractivity contribution in [2.45, 2.75) is 26.3 Å². The number of carboxylic acids is 2. The first-order valence-corrected chi connectivity index (χ1v) is 8.45. The Bertz CT molecular complexity index is 777. The molecule has 0 saturated carbocycles. The smallest absolute Gasteiger partial charge is 0.414 e. The van der Waals surface area contributed by atoms with Crippen LogP contribution in [0.1, 0.15) is 18.4 Å². The predicted molar refractivity (Wildman–Crippen MR) is 91.8 cm³/mol. The summed E-state index contributed by atoms with van der Waals surface area (Å²) in [6.07, 6.45) is 2.61. The van der Waals surface area contributed by atoms with Crippen LogP contribution < -0.4 is 5.56 Å². The number of aryl methyl sites for hydroxylation is 1. The summed E-state index contributed by atoms with van der Waals surface area (Å²) < 4.78 is 3.01. The molecule has 7 nitrogen and oxygen atoms in total. The van der Waals surface area contributed by atoms with Gasteiger partial charge in [-0.1, -0.05) is 23.2 Å². The van der Waals surface area contributed by atoms with Gasteiger partial charge in [-0.3, -0.25) is 8.75 Å². The Morgan fingerprint density at radius 2 is 1.75 bits per heavy atom. The van der Waals surface area contributed by atoms with Gasteiger partial charge in [0.25, 0.3) is 5.56 Å². The summed E-state index contributed by atoms with van der Waals surface area (Å²) in [4.78, 5) is 32.9. The summed E-state index contributed by atoms with van der Waals surface area (Å²) in [7, 11) is 0. The third kappa shape index (κ3) is 4.65. The Morgan fingerprint density at radius 3 is 2.33 bits per heavy atom. The number of aliphatic carboxylic acids is 2. The lowest BCUT2D eigenvalue weighted by Gasteiger charge is -2.13. The molecule has 1 saturated heterocycles. The van der Waals surface area contributed by atoms with E-state index in [0.29, 0.717) is 0 Å². The van der Waals surface area contributed by atoms with Crippen LogP contribution in [0.5, 0.6) is 0 Å². The molecular weight excluding hydrogens is 332 g/mol. The lowest BCUT2D eigenvalue weighted by atomic mass is 10.2. The van der Waals surface area contributed by atoms with Crippen molar-refractivity contribution in [3.63, 3.8) is 0 Å². The summed E-state index contributed by atoms with van der Waals surface area (Å²) in [6, 6.07) is 6.13. The van der Waals surface area contributed by atoms with Gasteiger partial charge in [0, 0.05) is 13.1 Å². The van der Waals surface area contributed by atoms with E-state index in [-0.39, 0.29) is 5.56 Å². The predicted octanol–water partition coefficient (Wildman–Crippen LogP) is 1.62. The molecule has 0 aliphatic carbocycles. The second-order valence-corrected chi connectivity index (χ2v) is 6.72. The van der Waals surface area contributed by atoms with Crippen molar-refractivity contribution in [3.05, 3.63) is 34.1 Å². The topological polar surface area (TPSA) is 99.8 Å². The lowest BCUT2D eigenvalue weighted by Crippen LogP contribution is -2.26. The Morgan fingerprint density at radius 1 is 1.12 bits per heavy atom. The normalized spacial score (nSPS) is 14.4. The van der Waals surface area contributed by atoms with Gasteiger partial charge in [-0.25, -0.2) is 9.59 Å². The number of fused-ring (bicyclic) bond motifs is 1. The Kier molecular flexibility index (Phi) is 6.10. The molecule has 8 heteroatoms. The van der Waals surface area contributed by atoms with Crippen LogP contribution in [-0.4, -0.2) is 50.6 Å². The molecule has 3 rings (SSSR count). The highest BCUT2D eigenvalue weighted by Crippen LogP contribution is 2.18. The van der Waals surface area contributed by atoms with Crippen LogP contribution in [0, 0.1) is 6.92 Å². The highest BCUT2D eigenvalue weighted by Gasteiger charge is 2.13. The molecule has 0 radical (unpaired) electrons. The highest BCUT2D eigenvalue weighted by molar-refractivity contribution is 7.13. The van der Waals surface area contributed by atoms with E-state index in [0.717, 1.165) is 28.7 Å². The van der Waals surface area contributed by atoms with E-state index < -0.39 is 11.9 Å². The maximum Gasteiger partial charge on any atom is 0.414 e. The first kappa shape index (κ1) is 18.2. The van der Waals surface area contributed by atoms with Crippen LogP contribution in [0.15, 0.2) is 23.0 Å². The van der Waals surface area contributed by atoms with Crippen molar-refractivity contribution in [2.24, 2.45) is 0 Å². The summed E-state index contributed by atoms with van der Waals surface area (Å²) in [6.45, 7) is 6.26. The number of rotatable bonds is 3. The average molecular weight is 352 g/mol. The monoisotopic (exact) mass is 352 g/mol. The average Bonchev–Trinajstić information content (AvgIpc) is 3.15. The molecule has 0 atom stereocenters. The zero-order chi connectivity index (χ0) is 17.7. The Hall–Kier alpha value is -2.19. The van der Waals surface area contributed by atoms with E-state index in [1.807, 2.05) is 16.9 Å². The molecule has 1 aromatic heterocycles. The maximum absolute atomic E-state index is 12.2. The van der Waals surface area contributed by atoms with Crippen LogP contribution >= 0.6 is 11.5 Å². The molecule has 0 spiro atoms. The van der Waals surface area contributed by atoms with Gasteiger partial charge in [0.2, 0.25) is 0 Å². The summed E-state index contributed by atoms with van der Waals surface area (Å²) in [5, 5.41) is 15.7. The fourth-order valence-corrected chi connectivity index (χ4v) is 3.54. The van der Waals surface area contributed by atoms with E-state index in [2.05, 4.69) is 17.0 Å². The molecule has 2 N–H and O–H groups in total. The number of likely N-dealkylation sites (tertiary alicyclic amines) is 1. The third-order valence-electron chi connectivity index (χ3n) is 3.80. The van der Waals surface area contributed by atoms with Crippen LogP contribution in [0.25, 0.3) is 10.1 Å². The number of nitrogens with zero attached hydrogens (tertiary/aromatic N) is 2. The fraction of sp³-hybridized carbons (Fsp3) is 0.438. The minimum atomic E-state index is -1.82. The van der Waals surface area contributed by atoms with Crippen molar-refractivity contribution in [1.82, 2.24) is 8.86 Å². The third-order valence-corrected chi connectivity index (χ3v) is 4.92. The number of benzene rings is 1. The molecule has 2 aromatic rings. The largest absolute Gasteiger partial charge is 0.473 e. The van der Waals surface area contributed by atoms with Gasteiger partial charge < -0.3 is 15.1 Å². The molecule has 1 fully saturated rings. The second-order valence-electron chi connectivity index (χ2n) is 5.66. The van der Waals surface area contributed by atoms with Gasteiger partial charge >= 0.3 is 11.9 Å². The molecule has 130 valence electrons. The molecule has 0 unspecified atom stereocenters. The van der Waals surface area contributed by atoms with Crippen LogP contribution in [0.4, 0.5) is 0 Å². The minimum Gasteiger partial charge on any atom is -0.473 e. The van der Waals surface area contributed by atoms with Crippen LogP contribution in [0.3, 0.4) is 0 Å². The van der Waals surface area contributed by atoms with Gasteiger partial charge in [0.1, 0.15) is 0 Å². The van der Waals surface area contributed by atoms with Crippen molar-refractivity contribution >= 4 is 33.6 Å². The summed E-state index contributed by atoms with van der Waals surface area (Å²) >= 11 is 1.59. The van der Waals surface area contributed by atoms with Gasteiger partial charge in [-0.05, 0) is 45.0 Å². The quantitative estimate of drug-likeness (QED) is 0.815. The molecule has 2 heterocycles. The molecule has 24 heavy (non-hydrogen) atoms. The molecular formula is C16H20N2O5S. The van der Waals surface area contributed by atoms with Crippen molar-refractivity contribution in [3.8, 4) is 0 Å². The zero-order valence-corrected chi connectivity index (χ0v) is 14.2. The highest BCUT2D eigenvalue weighted by atomic mass is 32.1. The van der Waals surface area contributed by atoms with Crippen LogP contribution in [0.2, 0.25) is 0 Å². The van der Waals surface area contributed by atoms with Crippen molar-refractivity contribution in [1.29, 1.82) is 0 Å². The molecule has 0 bridgehead atoms. The molecule has 1 aromatic carbocycles. The number of carboxylic acid groups (broad SMARTS) is 2.